The monoisotopic (exact) mass is 513 g/mol. The Bertz CT molecular complexity index is 1190. The van der Waals surface area contributed by atoms with Crippen LogP contribution in [0.25, 0.3) is 0 Å². The molecule has 186 valence electrons. The molecular weight excluding hydrogens is 494 g/mol. The van der Waals surface area contributed by atoms with E-state index in [0.29, 0.717) is 12.1 Å². The summed E-state index contributed by atoms with van der Waals surface area (Å²) in [7, 11) is -4.31. The zero-order valence-electron chi connectivity index (χ0n) is 17.4. The highest BCUT2D eigenvalue weighted by Crippen LogP contribution is 2.58. The van der Waals surface area contributed by atoms with Crippen LogP contribution in [0.5, 0.6) is 0 Å². The van der Waals surface area contributed by atoms with Crippen molar-refractivity contribution in [2.75, 3.05) is 0 Å². The van der Waals surface area contributed by atoms with Crippen LogP contribution in [0.4, 0.5) is 35.1 Å². The number of hydrogen-bond acceptors (Lipinski definition) is 3. The van der Waals surface area contributed by atoms with E-state index in [4.69, 9.17) is 5.73 Å². The molecule has 2 aromatic rings. The third-order valence-corrected chi connectivity index (χ3v) is 9.61. The third kappa shape index (κ3) is 3.28. The second-order valence-corrected chi connectivity index (χ2v) is 10.9. The van der Waals surface area contributed by atoms with Crippen LogP contribution in [-0.2, 0) is 26.7 Å². The first-order valence-corrected chi connectivity index (χ1v) is 11.8. The van der Waals surface area contributed by atoms with E-state index in [2.05, 4.69) is 0 Å². The smallest absolute Gasteiger partial charge is 0.327 e. The van der Waals surface area contributed by atoms with Gasteiger partial charge in [-0.05, 0) is 67.0 Å². The second kappa shape index (κ2) is 7.64. The minimum absolute atomic E-state index is 0.00326. The first-order valence-electron chi connectivity index (χ1n) is 10.3. The van der Waals surface area contributed by atoms with Crippen molar-refractivity contribution in [1.29, 1.82) is 0 Å². The van der Waals surface area contributed by atoms with Crippen LogP contribution in [0.2, 0.25) is 0 Å². The molecule has 2 N–H and O–H groups in total. The number of nitrogens with two attached hydrogens (primary N) is 1. The second-order valence-electron chi connectivity index (χ2n) is 8.72. The first kappa shape index (κ1) is 24.9. The van der Waals surface area contributed by atoms with E-state index < -0.39 is 55.9 Å². The van der Waals surface area contributed by atoms with Gasteiger partial charge >= 0.3 is 18.0 Å². The molecule has 0 heterocycles. The Hall–Kier alpha value is -2.21. The van der Waals surface area contributed by atoms with E-state index in [9.17, 15) is 43.5 Å². The Balaban J connectivity index is 1.94. The van der Waals surface area contributed by atoms with Gasteiger partial charge in [-0.2, -0.15) is 26.3 Å². The fourth-order valence-electron chi connectivity index (χ4n) is 5.42. The lowest BCUT2D eigenvalue weighted by atomic mass is 9.74. The molecule has 2 unspecified atom stereocenters. The lowest BCUT2D eigenvalue weighted by Crippen LogP contribution is -2.51. The van der Waals surface area contributed by atoms with Crippen molar-refractivity contribution in [3.63, 3.8) is 0 Å². The van der Waals surface area contributed by atoms with Crippen LogP contribution in [0.3, 0.4) is 0 Å². The van der Waals surface area contributed by atoms with Gasteiger partial charge in [0.15, 0.2) is 9.84 Å². The number of benzene rings is 2. The summed E-state index contributed by atoms with van der Waals surface area (Å²) in [6.45, 7) is 0. The van der Waals surface area contributed by atoms with Crippen LogP contribution >= 0.6 is 0 Å². The lowest BCUT2D eigenvalue weighted by Gasteiger charge is -2.42. The van der Waals surface area contributed by atoms with Crippen molar-refractivity contribution < 1.29 is 43.5 Å². The SMILES string of the molecule is NC1CC[C@@]2(S(=O)(=O)c3ccc(F)cc3)c3ccc(C(F)(C(F)(F)F)C(F)(F)F)cc3CCC12. The van der Waals surface area contributed by atoms with Crippen molar-refractivity contribution in [1.82, 2.24) is 0 Å². The Morgan fingerprint density at radius 3 is 2.03 bits per heavy atom. The predicted molar refractivity (Wildman–Crippen MR) is 106 cm³/mol. The summed E-state index contributed by atoms with van der Waals surface area (Å²) in [5.41, 5.74) is -1.25. The molecule has 2 aliphatic rings. The molecule has 3 nitrogen and oxygen atoms in total. The highest BCUT2D eigenvalue weighted by molar-refractivity contribution is 7.92. The number of halogens is 8. The maximum absolute atomic E-state index is 14.6. The topological polar surface area (TPSA) is 60.2 Å². The molecule has 0 saturated heterocycles. The Morgan fingerprint density at radius 2 is 1.47 bits per heavy atom. The van der Waals surface area contributed by atoms with E-state index in [0.717, 1.165) is 30.3 Å². The molecule has 34 heavy (non-hydrogen) atoms. The van der Waals surface area contributed by atoms with E-state index in [1.165, 1.54) is 0 Å². The molecule has 1 saturated carbocycles. The quantitative estimate of drug-likeness (QED) is 0.438. The van der Waals surface area contributed by atoms with Crippen LogP contribution in [-0.4, -0.2) is 26.8 Å². The van der Waals surface area contributed by atoms with Gasteiger partial charge in [-0.1, -0.05) is 18.2 Å². The molecule has 12 heteroatoms. The largest absolute Gasteiger partial charge is 0.435 e. The number of sulfone groups is 1. The molecular formula is C22H19F8NO2S. The lowest BCUT2D eigenvalue weighted by molar-refractivity contribution is -0.348. The Labute approximate surface area is 189 Å². The fourth-order valence-corrected chi connectivity index (χ4v) is 7.91. The number of hydrogen-bond donors (Lipinski definition) is 1. The van der Waals surface area contributed by atoms with Gasteiger partial charge in [0.25, 0.3) is 0 Å². The minimum Gasteiger partial charge on any atom is -0.327 e. The maximum atomic E-state index is 14.6. The molecule has 0 spiro atoms. The molecule has 0 amide bonds. The summed E-state index contributed by atoms with van der Waals surface area (Å²) in [6, 6.07) is 5.00. The summed E-state index contributed by atoms with van der Waals surface area (Å²) in [5.74, 6) is -1.37. The van der Waals surface area contributed by atoms with E-state index in [-0.39, 0.29) is 41.7 Å². The maximum Gasteiger partial charge on any atom is 0.435 e. The number of rotatable bonds is 3. The highest BCUT2D eigenvalue weighted by atomic mass is 32.2. The summed E-state index contributed by atoms with van der Waals surface area (Å²) in [5, 5.41) is 0. The van der Waals surface area contributed by atoms with Gasteiger partial charge in [0.05, 0.1) is 4.90 Å². The normalized spacial score (nSPS) is 25.7. The number of aryl methyl sites for hydroxylation is 1. The molecule has 0 aromatic heterocycles. The summed E-state index contributed by atoms with van der Waals surface area (Å²) >= 11 is 0. The third-order valence-electron chi connectivity index (χ3n) is 7.03. The zero-order valence-corrected chi connectivity index (χ0v) is 18.2. The van der Waals surface area contributed by atoms with Gasteiger partial charge in [-0.15, -0.1) is 0 Å². The molecule has 2 aromatic carbocycles. The Kier molecular flexibility index (Phi) is 5.60. The molecule has 2 aliphatic carbocycles. The van der Waals surface area contributed by atoms with Crippen LogP contribution in [0, 0.1) is 11.7 Å². The molecule has 4 rings (SSSR count). The van der Waals surface area contributed by atoms with Gasteiger partial charge in [0.2, 0.25) is 0 Å². The van der Waals surface area contributed by atoms with Gasteiger partial charge in [0.1, 0.15) is 10.6 Å². The molecule has 1 fully saturated rings. The van der Waals surface area contributed by atoms with Gasteiger partial charge in [-0.25, -0.2) is 17.2 Å². The Morgan fingerprint density at radius 1 is 0.882 bits per heavy atom. The van der Waals surface area contributed by atoms with Crippen molar-refractivity contribution in [3.8, 4) is 0 Å². The summed E-state index contributed by atoms with van der Waals surface area (Å²) < 4.78 is 133. The molecule has 0 radical (unpaired) electrons. The zero-order chi connectivity index (χ0) is 25.3. The summed E-state index contributed by atoms with van der Waals surface area (Å²) in [4.78, 5) is -0.254. The highest BCUT2D eigenvalue weighted by Gasteiger charge is 2.73. The van der Waals surface area contributed by atoms with E-state index in [1.54, 1.807) is 0 Å². The average molecular weight is 513 g/mol. The van der Waals surface area contributed by atoms with Crippen molar-refractivity contribution in [2.24, 2.45) is 11.7 Å². The number of fused-ring (bicyclic) bond motifs is 3. The summed E-state index contributed by atoms with van der Waals surface area (Å²) in [6.07, 6.45) is -12.4. The van der Waals surface area contributed by atoms with E-state index >= 15 is 0 Å². The van der Waals surface area contributed by atoms with Gasteiger partial charge in [0, 0.05) is 11.6 Å². The van der Waals surface area contributed by atoms with Gasteiger partial charge in [-0.3, -0.25) is 0 Å². The van der Waals surface area contributed by atoms with Crippen LogP contribution < -0.4 is 5.73 Å². The van der Waals surface area contributed by atoms with Gasteiger partial charge < -0.3 is 5.73 Å². The molecule has 0 bridgehead atoms. The van der Waals surface area contributed by atoms with Crippen molar-refractivity contribution in [2.45, 2.75) is 59.4 Å². The van der Waals surface area contributed by atoms with E-state index in [1.807, 2.05) is 0 Å². The number of alkyl halides is 7. The predicted octanol–water partition coefficient (Wildman–Crippen LogP) is 5.47. The standard InChI is InChI=1S/C22H19F8NO2S/c23-14-3-5-15(6-4-14)34(32,33)19-10-9-18(31)17(19)7-1-12-11-13(2-8-16(12)19)20(24,21(25,26)27)22(28,29)30/h2-6,8,11,17-18H,1,7,9-10,31H2/t17?,18?,19-/m1/s1. The van der Waals surface area contributed by atoms with Crippen molar-refractivity contribution >= 4 is 9.84 Å². The van der Waals surface area contributed by atoms with Crippen molar-refractivity contribution in [3.05, 3.63) is 65.0 Å². The van der Waals surface area contributed by atoms with Crippen LogP contribution in [0.1, 0.15) is 36.0 Å². The average Bonchev–Trinajstić information content (AvgIpc) is 3.10. The first-order chi connectivity index (χ1) is 15.6. The minimum atomic E-state index is -6.29. The molecule has 0 aliphatic heterocycles. The van der Waals surface area contributed by atoms with Crippen LogP contribution in [0.15, 0.2) is 47.4 Å². The molecule has 3 atom stereocenters. The fraction of sp³-hybridized carbons (Fsp3) is 0.455.